The minimum Gasteiger partial charge on any atom is -0.480 e. The molecule has 1 amide bonds. The topological polar surface area (TPSA) is 83.6 Å². The number of aliphatic carboxylic acids is 1. The summed E-state index contributed by atoms with van der Waals surface area (Å²) in [6.07, 6.45) is -0.128. The van der Waals surface area contributed by atoms with Crippen LogP contribution in [0.15, 0.2) is 0 Å². The summed E-state index contributed by atoms with van der Waals surface area (Å²) in [7, 11) is 0. The molecule has 0 heterocycles. The first-order valence-corrected chi connectivity index (χ1v) is 4.29. The van der Waals surface area contributed by atoms with Crippen LogP contribution in [-0.2, 0) is 9.59 Å². The molecule has 3 N–H and O–H groups in total. The fraction of sp³-hybridized carbons (Fsp3) is 0.750. The van der Waals surface area contributed by atoms with Crippen LogP contribution in [0.5, 0.6) is 0 Å². The first-order valence-electron chi connectivity index (χ1n) is 4.29. The van der Waals surface area contributed by atoms with Gasteiger partial charge in [-0.25, -0.2) is 0 Å². The Kier molecular flexibility index (Phi) is 5.06. The third-order valence-corrected chi connectivity index (χ3v) is 1.83. The molecule has 0 aromatic rings. The van der Waals surface area contributed by atoms with Crippen LogP contribution in [0.4, 0.5) is 0 Å². The van der Waals surface area contributed by atoms with Crippen molar-refractivity contribution in [3.8, 4) is 0 Å². The fourth-order valence-corrected chi connectivity index (χ4v) is 0.981. The van der Waals surface area contributed by atoms with Crippen LogP contribution in [-0.4, -0.2) is 41.0 Å². The molecule has 0 spiro atoms. The number of carbonyl (C=O) groups excluding carboxylic acids is 1. The second-order valence-electron chi connectivity index (χ2n) is 2.71. The molecule has 0 bridgehead atoms. The fourth-order valence-electron chi connectivity index (χ4n) is 0.981. The van der Waals surface area contributed by atoms with E-state index in [1.54, 1.807) is 4.90 Å². The van der Waals surface area contributed by atoms with Gasteiger partial charge in [0.1, 0.15) is 6.04 Å². The molecule has 0 rings (SSSR count). The van der Waals surface area contributed by atoms with E-state index >= 15 is 0 Å². The Hall–Kier alpha value is -1.10. The Morgan fingerprint density at radius 1 is 1.38 bits per heavy atom. The largest absolute Gasteiger partial charge is 0.480 e. The zero-order chi connectivity index (χ0) is 10.4. The minimum absolute atomic E-state index is 0.128. The smallest absolute Gasteiger partial charge is 0.321 e. The number of carboxylic acids is 1. The third-order valence-electron chi connectivity index (χ3n) is 1.83. The van der Waals surface area contributed by atoms with Gasteiger partial charge < -0.3 is 15.7 Å². The minimum atomic E-state index is -1.14. The zero-order valence-corrected chi connectivity index (χ0v) is 7.99. The van der Waals surface area contributed by atoms with E-state index in [0.717, 1.165) is 0 Å². The molecule has 5 heteroatoms. The molecule has 0 saturated heterocycles. The average molecular weight is 188 g/mol. The van der Waals surface area contributed by atoms with E-state index < -0.39 is 12.0 Å². The van der Waals surface area contributed by atoms with E-state index in [9.17, 15) is 9.59 Å². The maximum atomic E-state index is 11.3. The van der Waals surface area contributed by atoms with Crippen LogP contribution in [0.1, 0.15) is 20.3 Å². The molecule has 0 aliphatic carbocycles. The highest BCUT2D eigenvalue weighted by molar-refractivity contribution is 5.84. The van der Waals surface area contributed by atoms with Gasteiger partial charge in [-0.1, -0.05) is 0 Å². The number of nitrogens with zero attached hydrogens (tertiary/aromatic N) is 1. The standard InChI is InChI=1S/C8H16N2O3/c1-3-10(4-2)7(11)5-6(9)8(12)13/h6H,3-5,9H2,1-2H3,(H,12,13)/t6-/m1/s1. The second-order valence-corrected chi connectivity index (χ2v) is 2.71. The first-order chi connectivity index (χ1) is 6.02. The van der Waals surface area contributed by atoms with Crippen molar-refractivity contribution in [3.05, 3.63) is 0 Å². The zero-order valence-electron chi connectivity index (χ0n) is 7.99. The Balaban J connectivity index is 4.05. The molecule has 0 aliphatic heterocycles. The molecule has 0 fully saturated rings. The molecule has 0 aromatic heterocycles. The summed E-state index contributed by atoms with van der Waals surface area (Å²) >= 11 is 0. The van der Waals surface area contributed by atoms with Crippen LogP contribution < -0.4 is 5.73 Å². The molecule has 13 heavy (non-hydrogen) atoms. The van der Waals surface area contributed by atoms with Crippen LogP contribution >= 0.6 is 0 Å². The summed E-state index contributed by atoms with van der Waals surface area (Å²) in [4.78, 5) is 23.2. The van der Waals surface area contributed by atoms with Gasteiger partial charge in [-0.15, -0.1) is 0 Å². The van der Waals surface area contributed by atoms with Crippen molar-refractivity contribution in [2.75, 3.05) is 13.1 Å². The molecular weight excluding hydrogens is 172 g/mol. The summed E-state index contributed by atoms with van der Waals surface area (Å²) in [5.41, 5.74) is 5.22. The first kappa shape index (κ1) is 11.9. The summed E-state index contributed by atoms with van der Waals surface area (Å²) in [5.74, 6) is -1.35. The van der Waals surface area contributed by atoms with E-state index in [1.165, 1.54) is 0 Å². The second kappa shape index (κ2) is 5.53. The van der Waals surface area contributed by atoms with E-state index in [4.69, 9.17) is 10.8 Å². The van der Waals surface area contributed by atoms with Crippen molar-refractivity contribution in [1.82, 2.24) is 4.90 Å². The Bertz CT molecular complexity index is 190. The SMILES string of the molecule is CCN(CC)C(=O)C[C@@H](N)C(=O)O. The highest BCUT2D eigenvalue weighted by atomic mass is 16.4. The molecule has 1 atom stereocenters. The van der Waals surface area contributed by atoms with Crippen LogP contribution in [0.2, 0.25) is 0 Å². The van der Waals surface area contributed by atoms with E-state index in [2.05, 4.69) is 0 Å². The number of hydrogen-bond donors (Lipinski definition) is 2. The highest BCUT2D eigenvalue weighted by Gasteiger charge is 2.18. The Labute approximate surface area is 77.5 Å². The van der Waals surface area contributed by atoms with Crippen LogP contribution in [0.3, 0.4) is 0 Å². The lowest BCUT2D eigenvalue weighted by Gasteiger charge is -2.19. The number of carbonyl (C=O) groups is 2. The van der Waals surface area contributed by atoms with E-state index in [-0.39, 0.29) is 12.3 Å². The lowest BCUT2D eigenvalue weighted by molar-refractivity contribution is -0.142. The van der Waals surface area contributed by atoms with Crippen molar-refractivity contribution in [2.24, 2.45) is 5.73 Å². The third kappa shape index (κ3) is 3.89. The van der Waals surface area contributed by atoms with Gasteiger partial charge in [0.2, 0.25) is 5.91 Å². The van der Waals surface area contributed by atoms with Crippen molar-refractivity contribution in [3.63, 3.8) is 0 Å². The van der Waals surface area contributed by atoms with Crippen molar-refractivity contribution in [2.45, 2.75) is 26.3 Å². The van der Waals surface area contributed by atoms with E-state index in [0.29, 0.717) is 13.1 Å². The number of carboxylic acid groups (broad SMARTS) is 1. The Morgan fingerprint density at radius 2 is 1.85 bits per heavy atom. The van der Waals surface area contributed by atoms with Crippen LogP contribution in [0.25, 0.3) is 0 Å². The monoisotopic (exact) mass is 188 g/mol. The lowest BCUT2D eigenvalue weighted by atomic mass is 10.2. The molecule has 0 aromatic carbocycles. The molecular formula is C8H16N2O3. The molecule has 0 radical (unpaired) electrons. The lowest BCUT2D eigenvalue weighted by Crippen LogP contribution is -2.39. The quantitative estimate of drug-likeness (QED) is 0.618. The predicted octanol–water partition coefficient (Wildman–Crippen LogP) is -0.343. The number of hydrogen-bond acceptors (Lipinski definition) is 3. The average Bonchev–Trinajstić information content (AvgIpc) is 2.06. The summed E-state index contributed by atoms with van der Waals surface area (Å²) < 4.78 is 0. The van der Waals surface area contributed by atoms with Crippen molar-refractivity contribution >= 4 is 11.9 Å². The molecule has 5 nitrogen and oxygen atoms in total. The number of nitrogens with two attached hydrogens (primary N) is 1. The summed E-state index contributed by atoms with van der Waals surface area (Å²) in [5, 5.41) is 8.46. The van der Waals surface area contributed by atoms with Gasteiger partial charge in [-0.3, -0.25) is 9.59 Å². The van der Waals surface area contributed by atoms with Gasteiger partial charge in [-0.2, -0.15) is 0 Å². The van der Waals surface area contributed by atoms with Gasteiger partial charge in [0.25, 0.3) is 0 Å². The summed E-state index contributed by atoms with van der Waals surface area (Å²) in [6.45, 7) is 4.85. The van der Waals surface area contributed by atoms with Crippen molar-refractivity contribution < 1.29 is 14.7 Å². The molecule has 76 valence electrons. The van der Waals surface area contributed by atoms with Gasteiger partial charge in [0.15, 0.2) is 0 Å². The Morgan fingerprint density at radius 3 is 2.15 bits per heavy atom. The van der Waals surface area contributed by atoms with Gasteiger partial charge in [0, 0.05) is 13.1 Å². The predicted molar refractivity (Wildman–Crippen MR) is 48.2 cm³/mol. The maximum Gasteiger partial charge on any atom is 0.321 e. The molecule has 0 unspecified atom stereocenters. The summed E-state index contributed by atoms with van der Waals surface area (Å²) in [6, 6.07) is -1.09. The number of amides is 1. The molecule has 0 aliphatic rings. The highest BCUT2D eigenvalue weighted by Crippen LogP contribution is 1.96. The number of rotatable bonds is 5. The maximum absolute atomic E-state index is 11.3. The van der Waals surface area contributed by atoms with Gasteiger partial charge in [-0.05, 0) is 13.8 Å². The van der Waals surface area contributed by atoms with Gasteiger partial charge >= 0.3 is 5.97 Å². The van der Waals surface area contributed by atoms with E-state index in [1.807, 2.05) is 13.8 Å². The van der Waals surface area contributed by atoms with Gasteiger partial charge in [0.05, 0.1) is 6.42 Å². The van der Waals surface area contributed by atoms with Crippen LogP contribution in [0, 0.1) is 0 Å². The normalized spacial score (nSPS) is 12.2. The molecule has 0 saturated carbocycles. The van der Waals surface area contributed by atoms with Crippen molar-refractivity contribution in [1.29, 1.82) is 0 Å².